The Morgan fingerprint density at radius 2 is 2.00 bits per heavy atom. The molecule has 1 N–H and O–H groups in total. The van der Waals surface area contributed by atoms with E-state index in [1.807, 2.05) is 0 Å². The van der Waals surface area contributed by atoms with Crippen LogP contribution in [0.1, 0.15) is 10.4 Å². The van der Waals surface area contributed by atoms with Gasteiger partial charge in [0.15, 0.2) is 5.82 Å². The van der Waals surface area contributed by atoms with Crippen LogP contribution in [0.2, 0.25) is 0 Å². The number of rotatable bonds is 4. The third-order valence-electron chi connectivity index (χ3n) is 2.22. The van der Waals surface area contributed by atoms with E-state index in [9.17, 15) is 9.18 Å². The van der Waals surface area contributed by atoms with Gasteiger partial charge in [0.25, 0.3) is 0 Å². The Morgan fingerprint density at radius 3 is 2.58 bits per heavy atom. The number of carbonyl (C=O) groups is 1. The molecule has 0 aliphatic carbocycles. The van der Waals surface area contributed by atoms with E-state index in [1.54, 1.807) is 0 Å². The predicted molar refractivity (Wildman–Crippen MR) is 62.0 cm³/mol. The molecule has 0 saturated carbocycles. The van der Waals surface area contributed by atoms with Crippen molar-refractivity contribution in [2.75, 3.05) is 7.11 Å². The van der Waals surface area contributed by atoms with Crippen molar-refractivity contribution in [1.29, 1.82) is 0 Å². The zero-order chi connectivity index (χ0) is 13.8. The lowest BCUT2D eigenvalue weighted by atomic mass is 10.2. The van der Waals surface area contributed by atoms with Crippen LogP contribution in [0.3, 0.4) is 0 Å². The summed E-state index contributed by atoms with van der Waals surface area (Å²) in [7, 11) is 1.42. The minimum absolute atomic E-state index is 0.0416. The summed E-state index contributed by atoms with van der Waals surface area (Å²) >= 11 is 0. The first kappa shape index (κ1) is 12.7. The molecule has 0 radical (unpaired) electrons. The molecule has 0 unspecified atom stereocenters. The number of hydrogen-bond acceptors (Lipinski definition) is 5. The van der Waals surface area contributed by atoms with Crippen LogP contribution in [0.25, 0.3) is 0 Å². The fraction of sp³-hybridized carbons (Fsp3) is 0.0833. The van der Waals surface area contributed by atoms with E-state index >= 15 is 0 Å². The van der Waals surface area contributed by atoms with Gasteiger partial charge in [-0.1, -0.05) is 0 Å². The number of aromatic carboxylic acids is 1. The maximum absolute atomic E-state index is 12.6. The summed E-state index contributed by atoms with van der Waals surface area (Å²) in [6.45, 7) is 0. The molecule has 1 aromatic carbocycles. The second-order valence-electron chi connectivity index (χ2n) is 3.45. The number of hydrogen-bond donors (Lipinski definition) is 1. The Kier molecular flexibility index (Phi) is 3.56. The van der Waals surface area contributed by atoms with E-state index in [2.05, 4.69) is 9.97 Å². The van der Waals surface area contributed by atoms with E-state index in [1.165, 1.54) is 25.3 Å². The second kappa shape index (κ2) is 5.30. The van der Waals surface area contributed by atoms with Crippen molar-refractivity contribution in [3.8, 4) is 17.5 Å². The van der Waals surface area contributed by atoms with E-state index in [0.717, 1.165) is 12.4 Å². The Bertz CT molecular complexity index is 601. The zero-order valence-corrected chi connectivity index (χ0v) is 9.83. The number of halogens is 1. The molecule has 0 aliphatic heterocycles. The number of benzene rings is 1. The number of aromatic nitrogens is 2. The molecule has 7 heteroatoms. The lowest BCUT2D eigenvalue weighted by Crippen LogP contribution is -2.02. The number of carboxylic acid groups (broad SMARTS) is 1. The van der Waals surface area contributed by atoms with Crippen molar-refractivity contribution in [3.05, 3.63) is 42.0 Å². The van der Waals surface area contributed by atoms with Crippen LogP contribution in [0.5, 0.6) is 17.5 Å². The van der Waals surface area contributed by atoms with Gasteiger partial charge in [-0.3, -0.25) is 0 Å². The van der Waals surface area contributed by atoms with E-state index in [-0.39, 0.29) is 17.3 Å². The van der Waals surface area contributed by atoms with Crippen molar-refractivity contribution in [2.24, 2.45) is 0 Å². The fourth-order valence-corrected chi connectivity index (χ4v) is 1.34. The van der Waals surface area contributed by atoms with Gasteiger partial charge in [0.05, 0.1) is 19.5 Å². The average Bonchev–Trinajstić information content (AvgIpc) is 2.41. The van der Waals surface area contributed by atoms with Gasteiger partial charge in [0.2, 0.25) is 0 Å². The largest absolute Gasteiger partial charge is 0.497 e. The van der Waals surface area contributed by atoms with Crippen molar-refractivity contribution in [3.63, 3.8) is 0 Å². The second-order valence-corrected chi connectivity index (χ2v) is 3.45. The summed E-state index contributed by atoms with van der Waals surface area (Å²) in [4.78, 5) is 18.3. The van der Waals surface area contributed by atoms with Crippen molar-refractivity contribution in [1.82, 2.24) is 9.97 Å². The normalized spacial score (nSPS) is 10.0. The van der Waals surface area contributed by atoms with Crippen LogP contribution in [0.15, 0.2) is 30.6 Å². The summed E-state index contributed by atoms with van der Waals surface area (Å²) in [5.41, 5.74) is -0.104. The first-order valence-corrected chi connectivity index (χ1v) is 5.17. The molecule has 6 nitrogen and oxygen atoms in total. The summed E-state index contributed by atoms with van der Waals surface area (Å²) in [6.07, 6.45) is 1.85. The Labute approximate surface area is 107 Å². The molecule has 0 bridgehead atoms. The fourth-order valence-electron chi connectivity index (χ4n) is 1.34. The van der Waals surface area contributed by atoms with Crippen LogP contribution in [-0.2, 0) is 0 Å². The molecule has 0 fully saturated rings. The lowest BCUT2D eigenvalue weighted by Gasteiger charge is -2.08. The molecule has 0 atom stereocenters. The Hall–Kier alpha value is -2.70. The van der Waals surface area contributed by atoms with Gasteiger partial charge in [0, 0.05) is 0 Å². The predicted octanol–water partition coefficient (Wildman–Crippen LogP) is 2.11. The number of ether oxygens (including phenoxy) is 2. The highest BCUT2D eigenvalue weighted by molar-refractivity contribution is 5.91. The number of carboxylic acids is 1. The highest BCUT2D eigenvalue weighted by Gasteiger charge is 2.14. The first-order valence-electron chi connectivity index (χ1n) is 5.17. The molecule has 0 saturated heterocycles. The summed E-state index contributed by atoms with van der Waals surface area (Å²) < 4.78 is 22.8. The average molecular weight is 264 g/mol. The molecule has 19 heavy (non-hydrogen) atoms. The SMILES string of the molecule is COc1ccc(Oc2ncc(F)cn2)c(C(=O)O)c1. The highest BCUT2D eigenvalue weighted by Crippen LogP contribution is 2.27. The smallest absolute Gasteiger partial charge is 0.339 e. The summed E-state index contributed by atoms with van der Waals surface area (Å²) in [5.74, 6) is -1.37. The third-order valence-corrected chi connectivity index (χ3v) is 2.22. The Morgan fingerprint density at radius 1 is 1.32 bits per heavy atom. The molecule has 2 rings (SSSR count). The molecule has 0 amide bonds. The van der Waals surface area contributed by atoms with E-state index in [4.69, 9.17) is 14.6 Å². The quantitative estimate of drug-likeness (QED) is 0.910. The molecule has 0 spiro atoms. The molecular formula is C12H9FN2O4. The monoisotopic (exact) mass is 264 g/mol. The summed E-state index contributed by atoms with van der Waals surface area (Å²) in [5, 5.41) is 9.07. The van der Waals surface area contributed by atoms with Crippen molar-refractivity contribution in [2.45, 2.75) is 0 Å². The standard InChI is InChI=1S/C12H9FN2O4/c1-18-8-2-3-10(9(4-8)11(16)17)19-12-14-5-7(13)6-15-12/h2-6H,1H3,(H,16,17). The maximum Gasteiger partial charge on any atom is 0.339 e. The van der Waals surface area contributed by atoms with Gasteiger partial charge >= 0.3 is 12.0 Å². The van der Waals surface area contributed by atoms with Crippen molar-refractivity contribution < 1.29 is 23.8 Å². The van der Waals surface area contributed by atoms with Gasteiger partial charge in [-0.05, 0) is 18.2 Å². The Balaban J connectivity index is 2.33. The molecule has 1 aromatic heterocycles. The molecule has 1 heterocycles. The van der Waals surface area contributed by atoms with Gasteiger partial charge in [0.1, 0.15) is 17.1 Å². The highest BCUT2D eigenvalue weighted by atomic mass is 19.1. The zero-order valence-electron chi connectivity index (χ0n) is 9.83. The number of nitrogens with zero attached hydrogens (tertiary/aromatic N) is 2. The number of methoxy groups -OCH3 is 1. The van der Waals surface area contributed by atoms with Crippen LogP contribution < -0.4 is 9.47 Å². The summed E-state index contributed by atoms with van der Waals surface area (Å²) in [6, 6.07) is 4.11. The minimum atomic E-state index is -1.18. The first-order chi connectivity index (χ1) is 9.10. The minimum Gasteiger partial charge on any atom is -0.497 e. The van der Waals surface area contributed by atoms with Gasteiger partial charge < -0.3 is 14.6 Å². The van der Waals surface area contributed by atoms with Gasteiger partial charge in [-0.25, -0.2) is 19.2 Å². The molecule has 0 aliphatic rings. The van der Waals surface area contributed by atoms with Gasteiger partial charge in [-0.15, -0.1) is 0 Å². The van der Waals surface area contributed by atoms with Crippen LogP contribution >= 0.6 is 0 Å². The van der Waals surface area contributed by atoms with Crippen LogP contribution in [0, 0.1) is 5.82 Å². The molecular weight excluding hydrogens is 255 g/mol. The lowest BCUT2D eigenvalue weighted by molar-refractivity contribution is 0.0693. The topological polar surface area (TPSA) is 81.5 Å². The third kappa shape index (κ3) is 2.95. The molecule has 2 aromatic rings. The van der Waals surface area contributed by atoms with Crippen LogP contribution in [-0.4, -0.2) is 28.2 Å². The van der Waals surface area contributed by atoms with Crippen molar-refractivity contribution >= 4 is 5.97 Å². The van der Waals surface area contributed by atoms with Gasteiger partial charge in [-0.2, -0.15) is 0 Å². The maximum atomic E-state index is 12.6. The van der Waals surface area contributed by atoms with Crippen LogP contribution in [0.4, 0.5) is 4.39 Å². The van der Waals surface area contributed by atoms with E-state index < -0.39 is 11.8 Å². The van der Waals surface area contributed by atoms with E-state index in [0.29, 0.717) is 5.75 Å². The molecule has 98 valence electrons.